The van der Waals surface area contributed by atoms with Crippen LogP contribution in [0.25, 0.3) is 0 Å². The Labute approximate surface area is 117 Å². The summed E-state index contributed by atoms with van der Waals surface area (Å²) in [6, 6.07) is 0. The standard InChI is InChI=1S/C4H8O2.C4H9O.K/c1-2-6-4-3-5-1;1-4(2,3)5;/h1-4H2;1-3H3;/q;-1;+1. The van der Waals surface area contributed by atoms with Crippen molar-refractivity contribution in [1.29, 1.82) is 0 Å². The third-order valence-electron chi connectivity index (χ3n) is 0.744. The van der Waals surface area contributed by atoms with Crippen molar-refractivity contribution in [3.8, 4) is 0 Å². The number of ether oxygens (including phenoxy) is 2. The molecule has 0 atom stereocenters. The molecular weight excluding hydrogens is 183 g/mol. The van der Waals surface area contributed by atoms with Gasteiger partial charge in [0.25, 0.3) is 0 Å². The van der Waals surface area contributed by atoms with Crippen molar-refractivity contribution in [1.82, 2.24) is 0 Å². The SMILES string of the molecule is C1COCCO1.CC(C)(C)[O-].[K+]. The normalized spacial score (nSPS) is 17.0. The summed E-state index contributed by atoms with van der Waals surface area (Å²) in [6.07, 6.45) is 0. The molecule has 0 spiro atoms. The fraction of sp³-hybridized carbons (Fsp3) is 1.00. The van der Waals surface area contributed by atoms with E-state index in [-0.39, 0.29) is 51.4 Å². The minimum Gasteiger partial charge on any atom is -0.850 e. The first kappa shape index (κ1) is 16.0. The maximum absolute atomic E-state index is 10.1. The van der Waals surface area contributed by atoms with Crippen molar-refractivity contribution < 1.29 is 66.0 Å². The zero-order valence-electron chi connectivity index (χ0n) is 8.55. The van der Waals surface area contributed by atoms with Gasteiger partial charge in [-0.2, -0.15) is 0 Å². The van der Waals surface area contributed by atoms with E-state index in [4.69, 9.17) is 9.47 Å². The number of hydrogen-bond acceptors (Lipinski definition) is 3. The van der Waals surface area contributed by atoms with Gasteiger partial charge in [0.05, 0.1) is 26.4 Å². The van der Waals surface area contributed by atoms with Crippen LogP contribution in [0, 0.1) is 0 Å². The molecule has 0 aromatic carbocycles. The maximum atomic E-state index is 10.1. The van der Waals surface area contributed by atoms with Crippen molar-refractivity contribution in [2.45, 2.75) is 26.4 Å². The third-order valence-corrected chi connectivity index (χ3v) is 0.744. The van der Waals surface area contributed by atoms with Gasteiger partial charge in [-0.3, -0.25) is 0 Å². The Morgan fingerprint density at radius 2 is 1.08 bits per heavy atom. The second-order valence-electron chi connectivity index (χ2n) is 3.34. The Hall–Kier alpha value is 1.52. The molecule has 1 heterocycles. The topological polar surface area (TPSA) is 41.5 Å². The molecule has 1 saturated heterocycles. The van der Waals surface area contributed by atoms with Crippen molar-refractivity contribution in [3.63, 3.8) is 0 Å². The van der Waals surface area contributed by atoms with E-state index in [1.165, 1.54) is 0 Å². The van der Waals surface area contributed by atoms with Crippen LogP contribution >= 0.6 is 0 Å². The van der Waals surface area contributed by atoms with Crippen LogP contribution in [0.2, 0.25) is 0 Å². The molecule has 1 fully saturated rings. The third kappa shape index (κ3) is 22.5. The summed E-state index contributed by atoms with van der Waals surface area (Å²) in [6.45, 7) is 8.01. The average Bonchev–Trinajstić information content (AvgIpc) is 1.88. The average molecular weight is 200 g/mol. The molecule has 0 unspecified atom stereocenters. The van der Waals surface area contributed by atoms with Gasteiger partial charge in [0.1, 0.15) is 0 Å². The molecule has 12 heavy (non-hydrogen) atoms. The van der Waals surface area contributed by atoms with E-state index >= 15 is 0 Å². The molecule has 0 saturated carbocycles. The van der Waals surface area contributed by atoms with E-state index in [9.17, 15) is 5.11 Å². The van der Waals surface area contributed by atoms with E-state index in [1.54, 1.807) is 20.8 Å². The summed E-state index contributed by atoms with van der Waals surface area (Å²) in [7, 11) is 0. The fourth-order valence-corrected chi connectivity index (χ4v) is 0.440. The molecule has 0 amide bonds. The molecule has 1 rings (SSSR count). The van der Waals surface area contributed by atoms with Crippen molar-refractivity contribution in [2.24, 2.45) is 0 Å². The van der Waals surface area contributed by atoms with Gasteiger partial charge in [-0.1, -0.05) is 20.8 Å². The monoisotopic (exact) mass is 200 g/mol. The molecule has 4 heteroatoms. The quantitative estimate of drug-likeness (QED) is 0.396. The van der Waals surface area contributed by atoms with Gasteiger partial charge < -0.3 is 14.6 Å². The Morgan fingerprint density at radius 1 is 0.917 bits per heavy atom. The zero-order chi connectivity index (χ0) is 8.74. The predicted octanol–water partition coefficient (Wildman–Crippen LogP) is -2.82. The molecule has 3 nitrogen and oxygen atoms in total. The summed E-state index contributed by atoms with van der Waals surface area (Å²) in [4.78, 5) is 0. The van der Waals surface area contributed by atoms with E-state index in [0.29, 0.717) is 0 Å². The van der Waals surface area contributed by atoms with Gasteiger partial charge in [-0.05, 0) is 0 Å². The summed E-state index contributed by atoms with van der Waals surface area (Å²) < 4.78 is 9.89. The second-order valence-corrected chi connectivity index (χ2v) is 3.34. The molecular formula is C8H17KO3. The van der Waals surface area contributed by atoms with Crippen LogP contribution in [0.15, 0.2) is 0 Å². The first-order chi connectivity index (χ1) is 5.00. The fourth-order valence-electron chi connectivity index (χ4n) is 0.440. The van der Waals surface area contributed by atoms with Crippen LogP contribution in [0.3, 0.4) is 0 Å². The van der Waals surface area contributed by atoms with E-state index < -0.39 is 5.60 Å². The van der Waals surface area contributed by atoms with Crippen molar-refractivity contribution >= 4 is 0 Å². The molecule has 0 aromatic heterocycles. The minimum absolute atomic E-state index is 0. The minimum atomic E-state index is -0.750. The Balaban J connectivity index is 0. The molecule has 1 aliphatic rings. The maximum Gasteiger partial charge on any atom is 1.00 e. The van der Waals surface area contributed by atoms with Crippen LogP contribution < -0.4 is 56.5 Å². The second kappa shape index (κ2) is 9.09. The first-order valence-electron chi connectivity index (χ1n) is 3.86. The van der Waals surface area contributed by atoms with Gasteiger partial charge in [-0.15, -0.1) is 5.60 Å². The van der Waals surface area contributed by atoms with Crippen molar-refractivity contribution in [3.05, 3.63) is 0 Å². The van der Waals surface area contributed by atoms with Crippen LogP contribution in [0.5, 0.6) is 0 Å². The Morgan fingerprint density at radius 3 is 1.17 bits per heavy atom. The van der Waals surface area contributed by atoms with E-state index in [2.05, 4.69) is 0 Å². The number of rotatable bonds is 0. The van der Waals surface area contributed by atoms with Gasteiger partial charge >= 0.3 is 51.4 Å². The van der Waals surface area contributed by atoms with E-state index in [0.717, 1.165) is 26.4 Å². The molecule has 68 valence electrons. The summed E-state index contributed by atoms with van der Waals surface area (Å²) in [5, 5.41) is 10.1. The van der Waals surface area contributed by atoms with Crippen molar-refractivity contribution in [2.75, 3.05) is 26.4 Å². The van der Waals surface area contributed by atoms with E-state index in [1.807, 2.05) is 0 Å². The van der Waals surface area contributed by atoms with Crippen LogP contribution in [-0.2, 0) is 9.47 Å². The zero-order valence-corrected chi connectivity index (χ0v) is 11.7. The summed E-state index contributed by atoms with van der Waals surface area (Å²) in [5.41, 5.74) is -0.750. The van der Waals surface area contributed by atoms with Gasteiger partial charge in [-0.25, -0.2) is 0 Å². The molecule has 0 radical (unpaired) electrons. The van der Waals surface area contributed by atoms with Crippen LogP contribution in [0.4, 0.5) is 0 Å². The molecule has 0 aliphatic carbocycles. The molecule has 0 bridgehead atoms. The largest absolute Gasteiger partial charge is 1.00 e. The molecule has 0 aromatic rings. The Bertz CT molecular complexity index is 69.3. The predicted molar refractivity (Wildman–Crippen MR) is 41.4 cm³/mol. The van der Waals surface area contributed by atoms with Gasteiger partial charge in [0.15, 0.2) is 0 Å². The van der Waals surface area contributed by atoms with Gasteiger partial charge in [0, 0.05) is 0 Å². The summed E-state index contributed by atoms with van der Waals surface area (Å²) >= 11 is 0. The van der Waals surface area contributed by atoms with Crippen LogP contribution in [-0.4, -0.2) is 32.0 Å². The number of hydrogen-bond donors (Lipinski definition) is 0. The Kier molecular flexibility index (Phi) is 12.1. The summed E-state index contributed by atoms with van der Waals surface area (Å²) in [5.74, 6) is 0. The first-order valence-corrected chi connectivity index (χ1v) is 3.86. The molecule has 0 N–H and O–H groups in total. The van der Waals surface area contributed by atoms with Gasteiger partial charge in [0.2, 0.25) is 0 Å². The molecule has 1 aliphatic heterocycles. The van der Waals surface area contributed by atoms with Crippen LogP contribution in [0.1, 0.15) is 20.8 Å². The smallest absolute Gasteiger partial charge is 0.850 e.